The average Bonchev–Trinajstić information content (AvgIpc) is 2.45. The Morgan fingerprint density at radius 2 is 1.95 bits per heavy atom. The van der Waals surface area contributed by atoms with Crippen molar-refractivity contribution in [3.8, 4) is 0 Å². The first-order valence-electron chi connectivity index (χ1n) is 7.42. The molecule has 1 aromatic carbocycles. The maximum Gasteiger partial charge on any atom is 0.0511 e. The molecule has 1 aromatic rings. The number of benzene rings is 1. The zero-order chi connectivity index (χ0) is 15.0. The molecule has 0 spiro atoms. The number of aliphatic hydroxyl groups excluding tert-OH is 1. The van der Waals surface area contributed by atoms with Crippen LogP contribution in [0.5, 0.6) is 0 Å². The van der Waals surface area contributed by atoms with Gasteiger partial charge in [-0.3, -0.25) is 4.90 Å². The molecule has 0 saturated carbocycles. The summed E-state index contributed by atoms with van der Waals surface area (Å²) in [6.07, 6.45) is 3.88. The molecule has 20 heavy (non-hydrogen) atoms. The van der Waals surface area contributed by atoms with Gasteiger partial charge in [-0.2, -0.15) is 0 Å². The van der Waals surface area contributed by atoms with Crippen LogP contribution in [0, 0.1) is 0 Å². The molecule has 114 valence electrons. The third-order valence-electron chi connectivity index (χ3n) is 3.74. The fourth-order valence-electron chi connectivity index (χ4n) is 2.52. The predicted octanol–water partition coefficient (Wildman–Crippen LogP) is 3.21. The van der Waals surface area contributed by atoms with Crippen LogP contribution in [0.3, 0.4) is 0 Å². The standard InChI is InChI=1S/C16H27ClN2O/c1-3-15(18)16(13-9-5-6-10-14(13)17)19(2)11-7-4-8-12-20/h5-6,9-10,15-16,20H,3-4,7-8,11-12,18H2,1-2H3. The molecule has 0 aliphatic carbocycles. The van der Waals surface area contributed by atoms with Crippen molar-refractivity contribution in [2.45, 2.75) is 44.7 Å². The highest BCUT2D eigenvalue weighted by molar-refractivity contribution is 6.31. The van der Waals surface area contributed by atoms with Crippen molar-refractivity contribution in [1.82, 2.24) is 4.90 Å². The van der Waals surface area contributed by atoms with Crippen molar-refractivity contribution < 1.29 is 5.11 Å². The number of nitrogens with two attached hydrogens (primary N) is 1. The number of likely N-dealkylation sites (N-methyl/N-ethyl adjacent to an activating group) is 1. The molecule has 2 atom stereocenters. The summed E-state index contributed by atoms with van der Waals surface area (Å²) >= 11 is 6.33. The van der Waals surface area contributed by atoms with E-state index in [0.717, 1.165) is 42.8 Å². The summed E-state index contributed by atoms with van der Waals surface area (Å²) in [5.74, 6) is 0. The van der Waals surface area contributed by atoms with Crippen LogP contribution in [-0.2, 0) is 0 Å². The molecule has 3 nitrogen and oxygen atoms in total. The quantitative estimate of drug-likeness (QED) is 0.688. The first-order chi connectivity index (χ1) is 9.61. The van der Waals surface area contributed by atoms with Gasteiger partial charge in [-0.15, -0.1) is 0 Å². The normalized spacial score (nSPS) is 14.5. The van der Waals surface area contributed by atoms with Gasteiger partial charge in [0.25, 0.3) is 0 Å². The zero-order valence-corrected chi connectivity index (χ0v) is 13.3. The van der Waals surface area contributed by atoms with E-state index in [9.17, 15) is 0 Å². The van der Waals surface area contributed by atoms with E-state index in [1.54, 1.807) is 0 Å². The molecule has 0 bridgehead atoms. The average molecular weight is 299 g/mol. The Kier molecular flexibility index (Phi) is 8.15. The lowest BCUT2D eigenvalue weighted by Crippen LogP contribution is -2.39. The Balaban J connectivity index is 2.76. The minimum atomic E-state index is 0.0674. The number of aliphatic hydroxyl groups is 1. The van der Waals surface area contributed by atoms with Crippen LogP contribution in [0.15, 0.2) is 24.3 Å². The highest BCUT2D eigenvalue weighted by atomic mass is 35.5. The highest BCUT2D eigenvalue weighted by Gasteiger charge is 2.24. The van der Waals surface area contributed by atoms with E-state index in [0.29, 0.717) is 0 Å². The lowest BCUT2D eigenvalue weighted by atomic mass is 9.96. The van der Waals surface area contributed by atoms with E-state index >= 15 is 0 Å². The van der Waals surface area contributed by atoms with Gasteiger partial charge in [-0.1, -0.05) is 36.7 Å². The number of nitrogens with zero attached hydrogens (tertiary/aromatic N) is 1. The molecule has 0 heterocycles. The van der Waals surface area contributed by atoms with E-state index in [2.05, 4.69) is 24.9 Å². The number of rotatable bonds is 9. The summed E-state index contributed by atoms with van der Waals surface area (Å²) in [7, 11) is 2.10. The fourth-order valence-corrected chi connectivity index (χ4v) is 2.77. The van der Waals surface area contributed by atoms with E-state index in [4.69, 9.17) is 22.4 Å². The Morgan fingerprint density at radius 1 is 1.25 bits per heavy atom. The minimum absolute atomic E-state index is 0.0674. The van der Waals surface area contributed by atoms with Gasteiger partial charge in [-0.25, -0.2) is 0 Å². The van der Waals surface area contributed by atoms with E-state index < -0.39 is 0 Å². The lowest BCUT2D eigenvalue weighted by Gasteiger charge is -2.33. The van der Waals surface area contributed by atoms with Crippen molar-refractivity contribution in [3.05, 3.63) is 34.9 Å². The van der Waals surface area contributed by atoms with Crippen LogP contribution in [0.1, 0.15) is 44.2 Å². The third-order valence-corrected chi connectivity index (χ3v) is 4.09. The molecule has 0 saturated heterocycles. The second-order valence-corrected chi connectivity index (χ2v) is 5.71. The Hall–Kier alpha value is -0.610. The summed E-state index contributed by atoms with van der Waals surface area (Å²) in [4.78, 5) is 2.28. The molecule has 3 N–H and O–H groups in total. The van der Waals surface area contributed by atoms with Gasteiger partial charge in [0.15, 0.2) is 0 Å². The fraction of sp³-hybridized carbons (Fsp3) is 0.625. The van der Waals surface area contributed by atoms with Crippen molar-refractivity contribution in [3.63, 3.8) is 0 Å². The molecule has 0 fully saturated rings. The monoisotopic (exact) mass is 298 g/mol. The topological polar surface area (TPSA) is 49.5 Å². The summed E-state index contributed by atoms with van der Waals surface area (Å²) in [5, 5.41) is 9.61. The van der Waals surface area contributed by atoms with Crippen molar-refractivity contribution >= 4 is 11.6 Å². The molecular formula is C16H27ClN2O. The second-order valence-electron chi connectivity index (χ2n) is 5.30. The summed E-state index contributed by atoms with van der Waals surface area (Å²) in [6, 6.07) is 8.15. The summed E-state index contributed by atoms with van der Waals surface area (Å²) in [5.41, 5.74) is 7.41. The molecule has 2 unspecified atom stereocenters. The van der Waals surface area contributed by atoms with Crippen LogP contribution in [0.25, 0.3) is 0 Å². The summed E-state index contributed by atoms with van der Waals surface area (Å²) < 4.78 is 0. The molecule has 0 amide bonds. The van der Waals surface area contributed by atoms with Gasteiger partial charge in [0.2, 0.25) is 0 Å². The highest BCUT2D eigenvalue weighted by Crippen LogP contribution is 2.30. The van der Waals surface area contributed by atoms with E-state index in [1.807, 2.05) is 18.2 Å². The molecule has 1 rings (SSSR count). The van der Waals surface area contributed by atoms with Gasteiger partial charge in [0.1, 0.15) is 0 Å². The van der Waals surface area contributed by atoms with Crippen LogP contribution in [-0.4, -0.2) is 36.2 Å². The number of hydrogen-bond acceptors (Lipinski definition) is 3. The lowest BCUT2D eigenvalue weighted by molar-refractivity contribution is 0.202. The van der Waals surface area contributed by atoms with Gasteiger partial charge < -0.3 is 10.8 Å². The van der Waals surface area contributed by atoms with E-state index in [-0.39, 0.29) is 18.7 Å². The van der Waals surface area contributed by atoms with Crippen molar-refractivity contribution in [2.75, 3.05) is 20.2 Å². The predicted molar refractivity (Wildman–Crippen MR) is 86.0 cm³/mol. The van der Waals surface area contributed by atoms with Gasteiger partial charge >= 0.3 is 0 Å². The molecule has 0 aliphatic heterocycles. The van der Waals surface area contributed by atoms with Crippen LogP contribution >= 0.6 is 11.6 Å². The van der Waals surface area contributed by atoms with Crippen LogP contribution < -0.4 is 5.73 Å². The first kappa shape index (κ1) is 17.4. The van der Waals surface area contributed by atoms with Gasteiger partial charge in [-0.05, 0) is 50.9 Å². The number of halogens is 1. The smallest absolute Gasteiger partial charge is 0.0511 e. The van der Waals surface area contributed by atoms with Crippen molar-refractivity contribution in [1.29, 1.82) is 0 Å². The molecule has 0 aromatic heterocycles. The van der Waals surface area contributed by atoms with Gasteiger partial charge in [0, 0.05) is 17.7 Å². The number of unbranched alkanes of at least 4 members (excludes halogenated alkanes) is 2. The molecular weight excluding hydrogens is 272 g/mol. The Bertz CT molecular complexity index is 386. The molecule has 4 heteroatoms. The van der Waals surface area contributed by atoms with E-state index in [1.165, 1.54) is 0 Å². The first-order valence-corrected chi connectivity index (χ1v) is 7.80. The Morgan fingerprint density at radius 3 is 2.55 bits per heavy atom. The Labute approximate surface area is 127 Å². The zero-order valence-electron chi connectivity index (χ0n) is 12.6. The maximum absolute atomic E-state index is 8.83. The molecule has 0 aliphatic rings. The van der Waals surface area contributed by atoms with Gasteiger partial charge in [0.05, 0.1) is 6.04 Å². The van der Waals surface area contributed by atoms with Crippen molar-refractivity contribution in [2.24, 2.45) is 5.73 Å². The third kappa shape index (κ3) is 5.06. The van der Waals surface area contributed by atoms with Crippen LogP contribution in [0.2, 0.25) is 5.02 Å². The molecule has 0 radical (unpaired) electrons. The second kappa shape index (κ2) is 9.35. The number of hydrogen-bond donors (Lipinski definition) is 2. The minimum Gasteiger partial charge on any atom is -0.396 e. The SMILES string of the molecule is CCC(N)C(c1ccccc1Cl)N(C)CCCCCO. The largest absolute Gasteiger partial charge is 0.396 e. The van der Waals surface area contributed by atoms with Crippen LogP contribution in [0.4, 0.5) is 0 Å². The maximum atomic E-state index is 8.83. The summed E-state index contributed by atoms with van der Waals surface area (Å²) in [6.45, 7) is 3.34.